The van der Waals surface area contributed by atoms with E-state index in [1.165, 1.54) is 0 Å². The summed E-state index contributed by atoms with van der Waals surface area (Å²) >= 11 is 3.28. The topological polar surface area (TPSA) is 56.4 Å². The summed E-state index contributed by atoms with van der Waals surface area (Å²) in [5.74, 6) is 0.182. The predicted molar refractivity (Wildman–Crippen MR) is 49.4 cm³/mol. The molecule has 0 saturated carbocycles. The molecule has 2 N–H and O–H groups in total. The van der Waals surface area contributed by atoms with Gasteiger partial charge in [-0.15, -0.1) is 0 Å². The summed E-state index contributed by atoms with van der Waals surface area (Å²) in [5.41, 5.74) is 7.48. The van der Waals surface area contributed by atoms with E-state index in [9.17, 15) is 5.11 Å². The Hall–Kier alpha value is -0.900. The van der Waals surface area contributed by atoms with Gasteiger partial charge in [-0.3, -0.25) is 0 Å². The summed E-state index contributed by atoms with van der Waals surface area (Å²) in [4.78, 5) is 0. The van der Waals surface area contributed by atoms with Crippen molar-refractivity contribution < 1.29 is 5.11 Å². The Morgan fingerprint density at radius 2 is 2.25 bits per heavy atom. The van der Waals surface area contributed by atoms with Crippen LogP contribution in [0.25, 0.3) is 0 Å². The van der Waals surface area contributed by atoms with E-state index in [2.05, 4.69) is 21.0 Å². The monoisotopic (exact) mass is 228 g/mol. The average Bonchev–Trinajstić information content (AvgIpc) is 2.08. The molecule has 0 saturated heterocycles. The first-order chi connectivity index (χ1) is 5.65. The third kappa shape index (κ3) is 1.82. The highest BCUT2D eigenvalue weighted by Crippen LogP contribution is 2.28. The quantitative estimate of drug-likeness (QED) is 0.751. The Bertz CT molecular complexity index is 301. The summed E-state index contributed by atoms with van der Waals surface area (Å²) in [5, 5.41) is 12.7. The normalized spacial score (nSPS) is 12.5. The lowest BCUT2D eigenvalue weighted by Crippen LogP contribution is -1.88. The molecule has 0 aliphatic rings. The zero-order valence-electron chi connectivity index (χ0n) is 6.58. The molecule has 1 rings (SSSR count). The Balaban J connectivity index is 3.12. The lowest BCUT2D eigenvalue weighted by Gasteiger charge is -2.07. The molecule has 0 bridgehead atoms. The van der Waals surface area contributed by atoms with Crippen LogP contribution in [0.2, 0.25) is 0 Å². The van der Waals surface area contributed by atoms with Gasteiger partial charge in [0.1, 0.15) is 5.75 Å². The van der Waals surface area contributed by atoms with Crippen LogP contribution in [0.15, 0.2) is 27.8 Å². The molecule has 0 radical (unpaired) electrons. The van der Waals surface area contributed by atoms with Gasteiger partial charge in [0, 0.05) is 10.0 Å². The van der Waals surface area contributed by atoms with Gasteiger partial charge >= 0.3 is 0 Å². The van der Waals surface area contributed by atoms with Crippen LogP contribution in [-0.4, -0.2) is 5.11 Å². The second-order valence-electron chi connectivity index (χ2n) is 2.51. The number of aromatic hydroxyl groups is 1. The van der Waals surface area contributed by atoms with Crippen molar-refractivity contribution in [3.8, 4) is 5.75 Å². The third-order valence-corrected chi connectivity index (χ3v) is 2.13. The fraction of sp³-hybridized carbons (Fsp3) is 0.250. The van der Waals surface area contributed by atoms with Gasteiger partial charge in [-0.25, -0.2) is 5.53 Å². The first kappa shape index (κ1) is 9.19. The second kappa shape index (κ2) is 3.67. The summed E-state index contributed by atoms with van der Waals surface area (Å²) in [7, 11) is 0. The SMILES string of the molecule is CC(N=N)c1cc(Br)ccc1O. The van der Waals surface area contributed by atoms with Crippen LogP contribution < -0.4 is 0 Å². The highest BCUT2D eigenvalue weighted by atomic mass is 79.9. The van der Waals surface area contributed by atoms with Crippen molar-refractivity contribution in [2.75, 3.05) is 0 Å². The number of hydrogen-bond acceptors (Lipinski definition) is 3. The van der Waals surface area contributed by atoms with Gasteiger partial charge in [-0.05, 0) is 25.1 Å². The minimum Gasteiger partial charge on any atom is -0.508 e. The maximum atomic E-state index is 9.37. The summed E-state index contributed by atoms with van der Waals surface area (Å²) in [6.07, 6.45) is 0. The zero-order chi connectivity index (χ0) is 9.14. The number of rotatable bonds is 2. The number of hydrogen-bond donors (Lipinski definition) is 2. The summed E-state index contributed by atoms with van der Waals surface area (Å²) in [6.45, 7) is 1.76. The number of nitrogens with zero attached hydrogens (tertiary/aromatic N) is 1. The van der Waals surface area contributed by atoms with Crippen molar-refractivity contribution >= 4 is 15.9 Å². The van der Waals surface area contributed by atoms with E-state index in [0.29, 0.717) is 5.56 Å². The molecule has 3 nitrogen and oxygen atoms in total. The fourth-order valence-electron chi connectivity index (χ4n) is 0.930. The molecule has 4 heteroatoms. The minimum absolute atomic E-state index is 0.182. The van der Waals surface area contributed by atoms with Crippen LogP contribution in [0.3, 0.4) is 0 Å². The van der Waals surface area contributed by atoms with Crippen LogP contribution in [0.4, 0.5) is 0 Å². The van der Waals surface area contributed by atoms with Crippen molar-refractivity contribution in [2.45, 2.75) is 13.0 Å². The number of nitrogens with one attached hydrogen (secondary N) is 1. The Kier molecular flexibility index (Phi) is 2.81. The lowest BCUT2D eigenvalue weighted by atomic mass is 10.1. The highest BCUT2D eigenvalue weighted by Gasteiger charge is 2.08. The van der Waals surface area contributed by atoms with Crippen LogP contribution >= 0.6 is 15.9 Å². The number of halogens is 1. The number of benzene rings is 1. The summed E-state index contributed by atoms with van der Waals surface area (Å²) in [6, 6.07) is 4.80. The Labute approximate surface area is 79.1 Å². The van der Waals surface area contributed by atoms with Gasteiger partial charge in [-0.1, -0.05) is 15.9 Å². The van der Waals surface area contributed by atoms with Crippen LogP contribution in [0, 0.1) is 5.53 Å². The van der Waals surface area contributed by atoms with Crippen molar-refractivity contribution in [1.82, 2.24) is 0 Å². The molecule has 0 aliphatic heterocycles. The molecule has 1 unspecified atom stereocenters. The van der Waals surface area contributed by atoms with Crippen molar-refractivity contribution in [3.63, 3.8) is 0 Å². The predicted octanol–water partition coefficient (Wildman–Crippen LogP) is 3.25. The van der Waals surface area contributed by atoms with Gasteiger partial charge in [0.05, 0.1) is 6.04 Å². The number of phenols is 1. The van der Waals surface area contributed by atoms with Crippen LogP contribution in [0.5, 0.6) is 5.75 Å². The molecule has 0 amide bonds. The van der Waals surface area contributed by atoms with Gasteiger partial charge in [-0.2, -0.15) is 5.11 Å². The van der Waals surface area contributed by atoms with Crippen molar-refractivity contribution in [3.05, 3.63) is 28.2 Å². The van der Waals surface area contributed by atoms with E-state index in [4.69, 9.17) is 5.53 Å². The largest absolute Gasteiger partial charge is 0.508 e. The first-order valence-corrected chi connectivity index (χ1v) is 4.29. The van der Waals surface area contributed by atoms with E-state index in [1.54, 1.807) is 25.1 Å². The van der Waals surface area contributed by atoms with Gasteiger partial charge in [0.25, 0.3) is 0 Å². The molecule has 0 heterocycles. The molecule has 0 spiro atoms. The molecule has 1 aromatic rings. The Morgan fingerprint density at radius 1 is 1.58 bits per heavy atom. The van der Waals surface area contributed by atoms with E-state index >= 15 is 0 Å². The van der Waals surface area contributed by atoms with Gasteiger partial charge < -0.3 is 5.11 Å². The lowest BCUT2D eigenvalue weighted by molar-refractivity contribution is 0.462. The van der Waals surface area contributed by atoms with Crippen molar-refractivity contribution in [1.29, 1.82) is 5.53 Å². The van der Waals surface area contributed by atoms with E-state index < -0.39 is 0 Å². The molecule has 0 fully saturated rings. The number of phenolic OH excluding ortho intramolecular Hbond substituents is 1. The molecule has 1 aromatic carbocycles. The fourth-order valence-corrected chi connectivity index (χ4v) is 1.31. The smallest absolute Gasteiger partial charge is 0.121 e. The maximum absolute atomic E-state index is 9.37. The Morgan fingerprint density at radius 3 is 2.83 bits per heavy atom. The van der Waals surface area contributed by atoms with Crippen LogP contribution in [0.1, 0.15) is 18.5 Å². The highest BCUT2D eigenvalue weighted by molar-refractivity contribution is 9.10. The van der Waals surface area contributed by atoms with Gasteiger partial charge in [0.15, 0.2) is 0 Å². The zero-order valence-corrected chi connectivity index (χ0v) is 8.17. The molecular weight excluding hydrogens is 220 g/mol. The van der Waals surface area contributed by atoms with E-state index in [-0.39, 0.29) is 11.8 Å². The molecule has 12 heavy (non-hydrogen) atoms. The first-order valence-electron chi connectivity index (χ1n) is 3.50. The molecule has 0 aliphatic carbocycles. The van der Waals surface area contributed by atoms with Crippen molar-refractivity contribution in [2.24, 2.45) is 5.11 Å². The maximum Gasteiger partial charge on any atom is 0.121 e. The third-order valence-electron chi connectivity index (χ3n) is 1.63. The molecular formula is C8H9BrN2O. The average molecular weight is 229 g/mol. The summed E-state index contributed by atoms with van der Waals surface area (Å²) < 4.78 is 0.880. The minimum atomic E-state index is -0.289. The standard InChI is InChI=1S/C8H9BrN2O/c1-5(11-10)7-4-6(9)2-3-8(7)12/h2-5,10,12H,1H3. The van der Waals surface area contributed by atoms with E-state index in [0.717, 1.165) is 4.47 Å². The van der Waals surface area contributed by atoms with Gasteiger partial charge in [0.2, 0.25) is 0 Å². The second-order valence-corrected chi connectivity index (χ2v) is 3.42. The molecule has 0 aromatic heterocycles. The van der Waals surface area contributed by atoms with E-state index in [1.807, 2.05) is 0 Å². The molecule has 1 atom stereocenters. The molecule has 64 valence electrons. The van der Waals surface area contributed by atoms with Crippen LogP contribution in [-0.2, 0) is 0 Å².